The van der Waals surface area contributed by atoms with Crippen molar-refractivity contribution in [3.8, 4) is 16.9 Å². The molecule has 6 aromatic rings. The van der Waals surface area contributed by atoms with Crippen LogP contribution in [-0.4, -0.2) is 21.4 Å². The molecule has 0 aliphatic carbocycles. The van der Waals surface area contributed by atoms with Crippen LogP contribution in [0.1, 0.15) is 20.7 Å². The topological polar surface area (TPSA) is 55.2 Å². The van der Waals surface area contributed by atoms with Gasteiger partial charge in [0.25, 0.3) is 11.8 Å². The summed E-state index contributed by atoms with van der Waals surface area (Å²) >= 11 is 0. The number of fused-ring (bicyclic) bond motifs is 4. The summed E-state index contributed by atoms with van der Waals surface area (Å²) < 4.78 is 2.09. The molecular weight excluding hydrogens is 446 g/mol. The number of amides is 2. The average molecular weight is 466 g/mol. The van der Waals surface area contributed by atoms with Crippen LogP contribution in [0.25, 0.3) is 38.8 Å². The molecule has 0 spiro atoms. The van der Waals surface area contributed by atoms with Gasteiger partial charge in [-0.15, -0.1) is 0 Å². The maximum atomic E-state index is 13.8. The first-order chi connectivity index (χ1) is 17.7. The van der Waals surface area contributed by atoms with E-state index >= 15 is 0 Å². The molecule has 2 aromatic heterocycles. The second-order valence-electron chi connectivity index (χ2n) is 8.78. The monoisotopic (exact) mass is 465 g/mol. The minimum atomic E-state index is -0.316. The Morgan fingerprint density at radius 3 is 2.22 bits per heavy atom. The summed E-state index contributed by atoms with van der Waals surface area (Å²) in [6.07, 6.45) is 1.78. The molecule has 7 rings (SSSR count). The number of anilines is 1. The smallest absolute Gasteiger partial charge is 0.268 e. The predicted molar refractivity (Wildman–Crippen MR) is 142 cm³/mol. The molecule has 0 radical (unpaired) electrons. The van der Waals surface area contributed by atoms with Gasteiger partial charge in [0.05, 0.1) is 39.2 Å². The number of imide groups is 1. The Hall–Kier alpha value is -5.03. The molecular formula is C31H19N3O2. The van der Waals surface area contributed by atoms with E-state index in [0.717, 1.165) is 33.1 Å². The van der Waals surface area contributed by atoms with Gasteiger partial charge in [0.2, 0.25) is 0 Å². The van der Waals surface area contributed by atoms with Gasteiger partial charge in [-0.25, -0.2) is 4.90 Å². The first kappa shape index (κ1) is 20.4. The number of carbonyl (C=O) groups is 2. The van der Waals surface area contributed by atoms with Gasteiger partial charge in [-0.05, 0) is 48.5 Å². The van der Waals surface area contributed by atoms with E-state index in [1.165, 1.54) is 4.90 Å². The SMILES string of the molecule is O=C1c2cccc(-n3c4ccccc4c4ccc(-c5ccccn5)cc43)c2C(=O)N1c1ccccc1. The van der Waals surface area contributed by atoms with Crippen molar-refractivity contribution in [1.29, 1.82) is 0 Å². The van der Waals surface area contributed by atoms with Crippen LogP contribution >= 0.6 is 0 Å². The van der Waals surface area contributed by atoms with E-state index in [2.05, 4.69) is 33.8 Å². The van der Waals surface area contributed by atoms with Crippen molar-refractivity contribution in [2.45, 2.75) is 0 Å². The molecule has 2 amide bonds. The van der Waals surface area contributed by atoms with E-state index < -0.39 is 0 Å². The highest BCUT2D eigenvalue weighted by Gasteiger charge is 2.39. The first-order valence-electron chi connectivity index (χ1n) is 11.7. The number of rotatable bonds is 3. The number of para-hydroxylation sites is 2. The van der Waals surface area contributed by atoms with Crippen LogP contribution in [0.4, 0.5) is 5.69 Å². The van der Waals surface area contributed by atoms with E-state index in [0.29, 0.717) is 22.5 Å². The highest BCUT2D eigenvalue weighted by atomic mass is 16.2. The molecule has 1 aliphatic rings. The summed E-state index contributed by atoms with van der Waals surface area (Å²) in [5, 5.41) is 2.15. The molecule has 5 heteroatoms. The molecule has 170 valence electrons. The number of aromatic nitrogens is 2. The molecule has 0 fully saturated rings. The van der Waals surface area contributed by atoms with Crippen molar-refractivity contribution >= 4 is 39.3 Å². The molecule has 0 atom stereocenters. The van der Waals surface area contributed by atoms with Crippen molar-refractivity contribution < 1.29 is 9.59 Å². The molecule has 0 saturated heterocycles. The van der Waals surface area contributed by atoms with Gasteiger partial charge in [0.1, 0.15) is 0 Å². The van der Waals surface area contributed by atoms with E-state index in [-0.39, 0.29) is 11.8 Å². The number of hydrogen-bond donors (Lipinski definition) is 0. The van der Waals surface area contributed by atoms with Crippen molar-refractivity contribution in [1.82, 2.24) is 9.55 Å². The maximum Gasteiger partial charge on any atom is 0.268 e. The molecule has 0 unspecified atom stereocenters. The van der Waals surface area contributed by atoms with Gasteiger partial charge >= 0.3 is 0 Å². The van der Waals surface area contributed by atoms with Gasteiger partial charge in [0, 0.05) is 22.5 Å². The number of pyridine rings is 1. The molecule has 0 saturated carbocycles. The fourth-order valence-electron chi connectivity index (χ4n) is 5.19. The molecule has 5 nitrogen and oxygen atoms in total. The first-order valence-corrected chi connectivity index (χ1v) is 11.7. The van der Waals surface area contributed by atoms with Crippen molar-refractivity contribution in [3.05, 3.63) is 127 Å². The lowest BCUT2D eigenvalue weighted by Crippen LogP contribution is -2.29. The summed E-state index contributed by atoms with van der Waals surface area (Å²) in [4.78, 5) is 32.9. The summed E-state index contributed by atoms with van der Waals surface area (Å²) in [7, 11) is 0. The summed E-state index contributed by atoms with van der Waals surface area (Å²) in [6.45, 7) is 0. The summed E-state index contributed by atoms with van der Waals surface area (Å²) in [6, 6.07) is 34.8. The molecule has 1 aliphatic heterocycles. The average Bonchev–Trinajstić information content (AvgIpc) is 3.40. The van der Waals surface area contributed by atoms with Gasteiger partial charge in [0.15, 0.2) is 0 Å². The van der Waals surface area contributed by atoms with E-state index in [9.17, 15) is 9.59 Å². The van der Waals surface area contributed by atoms with Gasteiger partial charge < -0.3 is 4.57 Å². The zero-order valence-electron chi connectivity index (χ0n) is 19.1. The quantitative estimate of drug-likeness (QED) is 0.275. The van der Waals surface area contributed by atoms with E-state index in [1.807, 2.05) is 66.7 Å². The lowest BCUT2D eigenvalue weighted by molar-refractivity contribution is 0.0926. The standard InChI is InChI=1S/C31H19N3O2/c35-30-24-12-8-15-27(29(24)31(36)33(30)21-9-2-1-3-10-21)34-26-14-5-4-11-22(26)23-17-16-20(19-28(23)34)25-13-6-7-18-32-25/h1-19H. The van der Waals surface area contributed by atoms with Crippen LogP contribution < -0.4 is 4.90 Å². The minimum Gasteiger partial charge on any atom is -0.308 e. The van der Waals surface area contributed by atoms with Crippen LogP contribution in [-0.2, 0) is 0 Å². The Labute approximate surface area is 206 Å². The molecule has 3 heterocycles. The Morgan fingerprint density at radius 2 is 1.39 bits per heavy atom. The van der Waals surface area contributed by atoms with Crippen LogP contribution in [0, 0.1) is 0 Å². The fraction of sp³-hybridized carbons (Fsp3) is 0. The number of nitrogens with zero attached hydrogens (tertiary/aromatic N) is 3. The van der Waals surface area contributed by atoms with Gasteiger partial charge in [-0.1, -0.05) is 60.7 Å². The zero-order valence-corrected chi connectivity index (χ0v) is 19.1. The minimum absolute atomic E-state index is 0.307. The Balaban J connectivity index is 1.51. The third-order valence-electron chi connectivity index (χ3n) is 6.78. The highest BCUT2D eigenvalue weighted by Crippen LogP contribution is 2.38. The molecule has 0 N–H and O–H groups in total. The number of carbonyl (C=O) groups excluding carboxylic acids is 2. The molecule has 4 aromatic carbocycles. The van der Waals surface area contributed by atoms with Gasteiger partial charge in [-0.3, -0.25) is 14.6 Å². The highest BCUT2D eigenvalue weighted by molar-refractivity contribution is 6.35. The summed E-state index contributed by atoms with van der Waals surface area (Å²) in [5.74, 6) is -0.624. The third-order valence-corrected chi connectivity index (χ3v) is 6.78. The molecule has 36 heavy (non-hydrogen) atoms. The van der Waals surface area contributed by atoms with Gasteiger partial charge in [-0.2, -0.15) is 0 Å². The molecule has 0 bridgehead atoms. The summed E-state index contributed by atoms with van der Waals surface area (Å²) in [5.41, 5.74) is 5.85. The number of benzene rings is 4. The largest absolute Gasteiger partial charge is 0.308 e. The van der Waals surface area contributed by atoms with Crippen LogP contribution in [0.15, 0.2) is 115 Å². The zero-order chi connectivity index (χ0) is 24.2. The predicted octanol–water partition coefficient (Wildman–Crippen LogP) is 6.65. The van der Waals surface area contributed by atoms with Crippen molar-refractivity contribution in [2.24, 2.45) is 0 Å². The van der Waals surface area contributed by atoms with E-state index in [4.69, 9.17) is 0 Å². The lowest BCUT2D eigenvalue weighted by Gasteiger charge is -2.14. The number of hydrogen-bond acceptors (Lipinski definition) is 3. The normalized spacial score (nSPS) is 13.1. The van der Waals surface area contributed by atoms with Crippen LogP contribution in [0.2, 0.25) is 0 Å². The van der Waals surface area contributed by atoms with Crippen molar-refractivity contribution in [3.63, 3.8) is 0 Å². The Morgan fingerprint density at radius 1 is 0.611 bits per heavy atom. The Kier molecular flexibility index (Phi) is 4.38. The van der Waals surface area contributed by atoms with Crippen molar-refractivity contribution in [2.75, 3.05) is 4.90 Å². The maximum absolute atomic E-state index is 13.8. The second-order valence-corrected chi connectivity index (χ2v) is 8.78. The van der Waals surface area contributed by atoms with Crippen LogP contribution in [0.5, 0.6) is 0 Å². The fourth-order valence-corrected chi connectivity index (χ4v) is 5.19. The third kappa shape index (κ3) is 2.86. The lowest BCUT2D eigenvalue weighted by atomic mass is 10.1. The second kappa shape index (κ2) is 7.75. The van der Waals surface area contributed by atoms with Crippen LogP contribution in [0.3, 0.4) is 0 Å². The Bertz CT molecular complexity index is 1820. The van der Waals surface area contributed by atoms with E-state index in [1.54, 1.807) is 24.4 Å².